The molecule has 0 bridgehead atoms. The third kappa shape index (κ3) is 7.19. The lowest BCUT2D eigenvalue weighted by Crippen LogP contribution is -2.44. The molecule has 1 saturated heterocycles. The number of pyridine rings is 1. The fourth-order valence-electron chi connectivity index (χ4n) is 5.43. The van der Waals surface area contributed by atoms with Gasteiger partial charge in [-0.2, -0.15) is 5.26 Å². The second-order valence-corrected chi connectivity index (χ2v) is 11.7. The molecule has 2 heterocycles. The van der Waals surface area contributed by atoms with Gasteiger partial charge in [-0.25, -0.2) is 4.98 Å². The average Bonchev–Trinajstić information content (AvgIpc) is 3.01. The van der Waals surface area contributed by atoms with E-state index >= 15 is 0 Å². The summed E-state index contributed by atoms with van der Waals surface area (Å²) in [6.45, 7) is 1.38. The lowest BCUT2D eigenvalue weighted by molar-refractivity contribution is -0.144. The molecular weight excluding hydrogens is 614 g/mol. The van der Waals surface area contributed by atoms with Crippen molar-refractivity contribution >= 4 is 33.5 Å². The van der Waals surface area contributed by atoms with E-state index in [1.54, 1.807) is 12.3 Å². The van der Waals surface area contributed by atoms with Crippen LogP contribution in [-0.4, -0.2) is 33.5 Å². The summed E-state index contributed by atoms with van der Waals surface area (Å²) in [6, 6.07) is 25.5. The number of aromatic nitrogens is 1. The number of piperidine rings is 1. The molecule has 42 heavy (non-hydrogen) atoms. The molecule has 3 aromatic carbocycles. The molecular formula is C34H31BrClN3O3. The Morgan fingerprint density at radius 2 is 1.86 bits per heavy atom. The Balaban J connectivity index is 1.41. The first-order valence-electron chi connectivity index (χ1n) is 14.0. The molecule has 6 nitrogen and oxygen atoms in total. The van der Waals surface area contributed by atoms with Crippen molar-refractivity contribution in [2.75, 3.05) is 6.54 Å². The monoisotopic (exact) mass is 643 g/mol. The molecule has 1 N–H and O–H groups in total. The highest BCUT2D eigenvalue weighted by Crippen LogP contribution is 2.34. The van der Waals surface area contributed by atoms with Crippen LogP contribution in [0.1, 0.15) is 47.2 Å². The van der Waals surface area contributed by atoms with E-state index in [-0.39, 0.29) is 6.61 Å². The summed E-state index contributed by atoms with van der Waals surface area (Å²) in [7, 11) is 0. The standard InChI is InChI=1S/C34H31BrClN3O3/c35-33-25(9-6-10-29(33)24-7-2-1-3-8-24)12-13-26-19-32(42-22-23-14-15-38-28(17-23)20-37)27(18-30(26)36)21-39-16-5-4-11-31(39)34(40)41/h1-3,6-10,14-15,17-19,31H,4-5,11-13,16,21-22H2,(H,40,41)/t31-/m0/s1. The van der Waals surface area contributed by atoms with Crippen LogP contribution in [0.4, 0.5) is 0 Å². The number of nitriles is 1. The summed E-state index contributed by atoms with van der Waals surface area (Å²) >= 11 is 10.7. The molecule has 0 unspecified atom stereocenters. The molecule has 1 atom stereocenters. The van der Waals surface area contributed by atoms with Crippen LogP contribution in [0, 0.1) is 11.3 Å². The highest BCUT2D eigenvalue weighted by molar-refractivity contribution is 9.10. The molecule has 0 spiro atoms. The summed E-state index contributed by atoms with van der Waals surface area (Å²) < 4.78 is 7.40. The fourth-order valence-corrected chi connectivity index (χ4v) is 6.41. The Morgan fingerprint density at radius 1 is 1.05 bits per heavy atom. The van der Waals surface area contributed by atoms with Crippen molar-refractivity contribution in [2.24, 2.45) is 0 Å². The summed E-state index contributed by atoms with van der Waals surface area (Å²) in [5, 5.41) is 19.7. The smallest absolute Gasteiger partial charge is 0.320 e. The molecule has 0 saturated carbocycles. The maximum atomic E-state index is 12.0. The summed E-state index contributed by atoms with van der Waals surface area (Å²) in [5.74, 6) is -0.138. The van der Waals surface area contributed by atoms with E-state index in [1.807, 2.05) is 41.3 Å². The predicted octanol–water partition coefficient (Wildman–Crippen LogP) is 7.84. The van der Waals surface area contributed by atoms with Crippen LogP contribution >= 0.6 is 27.5 Å². The summed E-state index contributed by atoms with van der Waals surface area (Å²) in [6.07, 6.45) is 5.54. The van der Waals surface area contributed by atoms with Crippen LogP contribution in [0.5, 0.6) is 5.75 Å². The topological polar surface area (TPSA) is 86.5 Å². The minimum atomic E-state index is -0.802. The van der Waals surface area contributed by atoms with E-state index in [0.29, 0.717) is 42.4 Å². The van der Waals surface area contributed by atoms with Gasteiger partial charge in [-0.05, 0) is 100 Å². The van der Waals surface area contributed by atoms with E-state index in [2.05, 4.69) is 57.3 Å². The zero-order valence-electron chi connectivity index (χ0n) is 23.1. The minimum absolute atomic E-state index is 0.248. The molecule has 0 amide bonds. The third-order valence-electron chi connectivity index (χ3n) is 7.66. The Hall–Kier alpha value is -3.70. The number of halogens is 2. The van der Waals surface area contributed by atoms with E-state index in [4.69, 9.17) is 16.3 Å². The summed E-state index contributed by atoms with van der Waals surface area (Å²) in [5.41, 5.74) is 6.42. The molecule has 1 aliphatic rings. The van der Waals surface area contributed by atoms with Crippen LogP contribution in [0.3, 0.4) is 0 Å². The zero-order chi connectivity index (χ0) is 29.5. The van der Waals surface area contributed by atoms with Gasteiger partial charge in [0.05, 0.1) is 0 Å². The molecule has 0 aliphatic carbocycles. The van der Waals surface area contributed by atoms with Gasteiger partial charge in [0.2, 0.25) is 0 Å². The van der Waals surface area contributed by atoms with Gasteiger partial charge in [0, 0.05) is 27.8 Å². The number of aryl methyl sites for hydroxylation is 2. The highest BCUT2D eigenvalue weighted by atomic mass is 79.9. The predicted molar refractivity (Wildman–Crippen MR) is 167 cm³/mol. The van der Waals surface area contributed by atoms with E-state index in [1.165, 1.54) is 5.56 Å². The maximum Gasteiger partial charge on any atom is 0.320 e. The minimum Gasteiger partial charge on any atom is -0.489 e. The van der Waals surface area contributed by atoms with Gasteiger partial charge in [0.15, 0.2) is 0 Å². The second kappa shape index (κ2) is 14.0. The number of benzene rings is 3. The number of likely N-dealkylation sites (tertiary alicyclic amines) is 1. The van der Waals surface area contributed by atoms with E-state index in [0.717, 1.165) is 51.6 Å². The number of ether oxygens (including phenoxy) is 1. The number of hydrogen-bond acceptors (Lipinski definition) is 5. The molecule has 1 fully saturated rings. The number of aliphatic carboxylic acids is 1. The van der Waals surface area contributed by atoms with Crippen molar-refractivity contribution in [1.29, 1.82) is 5.26 Å². The SMILES string of the molecule is N#Cc1cc(COc2cc(CCc3cccc(-c4ccccc4)c3Br)c(Cl)cc2CN2CCCC[C@H]2C(=O)O)ccn1. The van der Waals surface area contributed by atoms with Crippen LogP contribution in [0.25, 0.3) is 11.1 Å². The fraction of sp³-hybridized carbons (Fsp3) is 0.265. The zero-order valence-corrected chi connectivity index (χ0v) is 25.4. The number of nitrogens with zero attached hydrogens (tertiary/aromatic N) is 3. The van der Waals surface area contributed by atoms with Crippen LogP contribution in [0.15, 0.2) is 83.5 Å². The largest absolute Gasteiger partial charge is 0.489 e. The Morgan fingerprint density at radius 3 is 2.64 bits per heavy atom. The number of rotatable bonds is 10. The molecule has 4 aromatic rings. The first kappa shape index (κ1) is 29.8. The number of carboxylic acid groups (broad SMARTS) is 1. The van der Waals surface area contributed by atoms with Gasteiger partial charge in [-0.3, -0.25) is 9.69 Å². The van der Waals surface area contributed by atoms with Crippen LogP contribution in [0.2, 0.25) is 5.02 Å². The Bertz CT molecular complexity index is 1610. The molecule has 8 heteroatoms. The third-order valence-corrected chi connectivity index (χ3v) is 8.95. The van der Waals surface area contributed by atoms with Crippen LogP contribution in [-0.2, 0) is 30.8 Å². The van der Waals surface area contributed by atoms with Gasteiger partial charge < -0.3 is 9.84 Å². The second-order valence-electron chi connectivity index (χ2n) is 10.5. The lowest BCUT2D eigenvalue weighted by atomic mass is 9.97. The quantitative estimate of drug-likeness (QED) is 0.189. The molecule has 1 aromatic heterocycles. The van der Waals surface area contributed by atoms with Gasteiger partial charge in [-0.15, -0.1) is 0 Å². The van der Waals surface area contributed by atoms with Gasteiger partial charge in [0.1, 0.15) is 30.2 Å². The number of carbonyl (C=O) groups is 1. The van der Waals surface area contributed by atoms with Crippen molar-refractivity contribution in [2.45, 2.75) is 51.3 Å². The molecule has 1 aliphatic heterocycles. The first-order valence-corrected chi connectivity index (χ1v) is 15.2. The number of carboxylic acids is 1. The van der Waals surface area contributed by atoms with Crippen molar-refractivity contribution in [3.8, 4) is 22.9 Å². The first-order chi connectivity index (χ1) is 20.4. The van der Waals surface area contributed by atoms with E-state index in [9.17, 15) is 15.2 Å². The maximum absolute atomic E-state index is 12.0. The van der Waals surface area contributed by atoms with Crippen molar-refractivity contribution in [3.63, 3.8) is 0 Å². The number of hydrogen-bond donors (Lipinski definition) is 1. The lowest BCUT2D eigenvalue weighted by Gasteiger charge is -2.33. The van der Waals surface area contributed by atoms with Gasteiger partial charge in [0.25, 0.3) is 0 Å². The van der Waals surface area contributed by atoms with Gasteiger partial charge in [-0.1, -0.05) is 66.6 Å². The van der Waals surface area contributed by atoms with Crippen molar-refractivity contribution in [3.05, 3.63) is 116 Å². The van der Waals surface area contributed by atoms with Gasteiger partial charge >= 0.3 is 5.97 Å². The molecule has 0 radical (unpaired) electrons. The molecule has 5 rings (SSSR count). The average molecular weight is 645 g/mol. The van der Waals surface area contributed by atoms with Crippen LogP contribution < -0.4 is 4.74 Å². The Labute approximate surface area is 259 Å². The molecule has 214 valence electrons. The summed E-state index contributed by atoms with van der Waals surface area (Å²) in [4.78, 5) is 18.0. The van der Waals surface area contributed by atoms with Crippen molar-refractivity contribution in [1.82, 2.24) is 9.88 Å². The highest BCUT2D eigenvalue weighted by Gasteiger charge is 2.29. The Kier molecular flexibility index (Phi) is 9.91. The van der Waals surface area contributed by atoms with E-state index < -0.39 is 12.0 Å². The van der Waals surface area contributed by atoms with Crippen molar-refractivity contribution < 1.29 is 14.6 Å². The normalized spacial score (nSPS) is 15.2.